The largest absolute Gasteiger partial charge is 0.286 e. The lowest BCUT2D eigenvalue weighted by molar-refractivity contribution is 0.480. The fourth-order valence-electron chi connectivity index (χ4n) is 0.327. The van der Waals surface area contributed by atoms with Crippen molar-refractivity contribution in [3.8, 4) is 0 Å². The van der Waals surface area contributed by atoms with Gasteiger partial charge in [0.2, 0.25) is 0 Å². The van der Waals surface area contributed by atoms with Crippen LogP contribution < -0.4 is 0 Å². The van der Waals surface area contributed by atoms with E-state index in [0.717, 1.165) is 6.42 Å². The van der Waals surface area contributed by atoms with Crippen molar-refractivity contribution in [2.75, 3.05) is 5.75 Å². The van der Waals surface area contributed by atoms with Crippen LogP contribution in [0.15, 0.2) is 0 Å². The summed E-state index contributed by atoms with van der Waals surface area (Å²) in [5, 5.41) is 0. The van der Waals surface area contributed by atoms with Crippen LogP contribution >= 0.6 is 0 Å². The molecule has 8 heavy (non-hydrogen) atoms. The van der Waals surface area contributed by atoms with Crippen molar-refractivity contribution in [3.63, 3.8) is 0 Å². The second kappa shape index (κ2) is 3.04. The quantitative estimate of drug-likeness (QED) is 0.464. The zero-order valence-corrected chi connectivity index (χ0v) is 5.61. The maximum Gasteiger partial charge on any atom is 0.264 e. The molecular formula is C4H10O3S. The average Bonchev–Trinajstić information content (AvgIpc) is 1.59. The third kappa shape index (κ3) is 5.91. The molecule has 0 aliphatic carbocycles. The van der Waals surface area contributed by atoms with Gasteiger partial charge in [-0.25, -0.2) is 0 Å². The maximum absolute atomic E-state index is 9.95. The van der Waals surface area contributed by atoms with Crippen LogP contribution in [-0.2, 0) is 10.1 Å². The Hall–Kier alpha value is -0.0900. The lowest BCUT2D eigenvalue weighted by Gasteiger charge is -1.90. The highest BCUT2D eigenvalue weighted by Gasteiger charge is 2.00. The minimum absolute atomic E-state index is 0.108. The van der Waals surface area contributed by atoms with Crippen LogP contribution in [-0.4, -0.2) is 18.7 Å². The molecule has 0 rings (SSSR count). The van der Waals surface area contributed by atoms with E-state index in [1.807, 2.05) is 6.92 Å². The monoisotopic (exact) mass is 141 g/mol. The van der Waals surface area contributed by atoms with Crippen LogP contribution in [0.25, 0.3) is 0 Å². The van der Waals surface area contributed by atoms with Gasteiger partial charge < -0.3 is 0 Å². The summed E-state index contributed by atoms with van der Waals surface area (Å²) in [6.45, 7) is 1.87. The van der Waals surface area contributed by atoms with Crippen molar-refractivity contribution in [2.45, 2.75) is 19.8 Å². The molecule has 0 spiro atoms. The molecule has 0 radical (unpaired) electrons. The van der Waals surface area contributed by atoms with E-state index >= 15 is 0 Å². The smallest absolute Gasteiger partial charge is 0.264 e. The van der Waals surface area contributed by atoms with Crippen LogP contribution in [0.2, 0.25) is 0 Å². The molecule has 0 fully saturated rings. The molecule has 0 aliphatic heterocycles. The van der Waals surface area contributed by atoms with E-state index in [1.54, 1.807) is 0 Å². The summed E-state index contributed by atoms with van der Waals surface area (Å²) >= 11 is 0. The molecule has 0 amide bonds. The van der Waals surface area contributed by atoms with Gasteiger partial charge in [0.05, 0.1) is 5.75 Å². The predicted molar refractivity (Wildman–Crippen MR) is 31.3 cm³/mol. The van der Waals surface area contributed by atoms with Gasteiger partial charge >= 0.3 is 0 Å². The van der Waals surface area contributed by atoms with E-state index in [4.69, 9.17) is 4.55 Å². The van der Waals surface area contributed by atoms with Crippen molar-refractivity contribution in [2.24, 2.45) is 0 Å². The molecule has 3 nitrogen and oxygen atoms in total. The Kier molecular flexibility index (Phi) is 3.01. The molecule has 0 bridgehead atoms. The molecule has 1 N–H and O–H groups in total. The van der Waals surface area contributed by atoms with Crippen molar-refractivity contribution in [3.05, 3.63) is 0 Å². The molecule has 0 saturated heterocycles. The molecule has 50 valence electrons. The van der Waals surface area contributed by atoms with Gasteiger partial charge in [-0.15, -0.1) is 0 Å². The molecule has 0 heterocycles. The Morgan fingerprint density at radius 2 is 2.00 bits per heavy atom. The molecule has 0 atom stereocenters. The fraction of sp³-hybridized carbons (Fsp3) is 1.00. The average molecular weight is 141 g/mol. The Balaban J connectivity index is 3.42. The lowest BCUT2D eigenvalue weighted by atomic mass is 11.1. The molecule has 0 aliphatic rings. The molecule has 0 saturated carbocycles. The topological polar surface area (TPSA) is 54.4 Å². The SMILES string of the molecule is [13CH3][13CH2][13CH2]CS(=O)(=O)O. The van der Waals surface area contributed by atoms with Crippen molar-refractivity contribution in [1.29, 1.82) is 0 Å². The minimum Gasteiger partial charge on any atom is -0.286 e. The van der Waals surface area contributed by atoms with Gasteiger partial charge in [0.25, 0.3) is 10.1 Å². The van der Waals surface area contributed by atoms with Crippen molar-refractivity contribution < 1.29 is 13.0 Å². The summed E-state index contributed by atoms with van der Waals surface area (Å²) in [6.07, 6.45) is 1.33. The van der Waals surface area contributed by atoms with Crippen LogP contribution in [0, 0.1) is 0 Å². The highest BCUT2D eigenvalue weighted by molar-refractivity contribution is 7.85. The number of hydrogen-bond donors (Lipinski definition) is 1. The minimum atomic E-state index is -3.69. The van der Waals surface area contributed by atoms with Gasteiger partial charge in [-0.1, -0.05) is 13.3 Å². The van der Waals surface area contributed by atoms with E-state index < -0.39 is 10.1 Å². The van der Waals surface area contributed by atoms with E-state index in [-0.39, 0.29) is 5.75 Å². The van der Waals surface area contributed by atoms with E-state index in [9.17, 15) is 8.42 Å². The van der Waals surface area contributed by atoms with Gasteiger partial charge in [-0.2, -0.15) is 8.42 Å². The zero-order chi connectivity index (χ0) is 6.62. The first-order valence-corrected chi connectivity index (χ1v) is 4.12. The van der Waals surface area contributed by atoms with Gasteiger partial charge in [-0.05, 0) is 6.42 Å². The van der Waals surface area contributed by atoms with Crippen LogP contribution in [0.5, 0.6) is 0 Å². The summed E-state index contributed by atoms with van der Waals surface area (Å²) in [5.41, 5.74) is 0. The van der Waals surface area contributed by atoms with Crippen molar-refractivity contribution in [1.82, 2.24) is 0 Å². The lowest BCUT2D eigenvalue weighted by Crippen LogP contribution is -2.02. The number of rotatable bonds is 3. The second-order valence-corrected chi connectivity index (χ2v) is 3.21. The van der Waals surface area contributed by atoms with Crippen LogP contribution in [0.3, 0.4) is 0 Å². The summed E-state index contributed by atoms with van der Waals surface area (Å²) in [4.78, 5) is 0. The van der Waals surface area contributed by atoms with Gasteiger partial charge in [0, 0.05) is 0 Å². The van der Waals surface area contributed by atoms with Crippen molar-refractivity contribution >= 4 is 10.1 Å². The molecule has 4 heteroatoms. The number of unbranched alkanes of at least 4 members (excludes halogenated alkanes) is 1. The summed E-state index contributed by atoms with van der Waals surface area (Å²) in [5.74, 6) is -0.108. The van der Waals surface area contributed by atoms with E-state index in [0.29, 0.717) is 6.42 Å². The highest BCUT2D eigenvalue weighted by Crippen LogP contribution is 1.90. The van der Waals surface area contributed by atoms with Gasteiger partial charge in [-0.3, -0.25) is 4.55 Å². The first-order valence-electron chi connectivity index (χ1n) is 2.51. The zero-order valence-electron chi connectivity index (χ0n) is 4.79. The fourth-order valence-corrected chi connectivity index (χ4v) is 0.980. The van der Waals surface area contributed by atoms with Gasteiger partial charge in [0.15, 0.2) is 0 Å². The normalized spacial score (nSPS) is 11.8. The van der Waals surface area contributed by atoms with Crippen LogP contribution in [0.4, 0.5) is 0 Å². The van der Waals surface area contributed by atoms with E-state index in [2.05, 4.69) is 0 Å². The maximum atomic E-state index is 9.95. The Labute approximate surface area is 49.5 Å². The summed E-state index contributed by atoms with van der Waals surface area (Å²) in [7, 11) is -3.69. The first-order chi connectivity index (χ1) is 3.56. The summed E-state index contributed by atoms with van der Waals surface area (Å²) in [6, 6.07) is 0. The summed E-state index contributed by atoms with van der Waals surface area (Å²) < 4.78 is 28.0. The predicted octanol–water partition coefficient (Wildman–Crippen LogP) is 0.674. The second-order valence-electron chi connectivity index (χ2n) is 1.64. The molecular weight excluding hydrogens is 131 g/mol. The Bertz CT molecular complexity index is 135. The number of hydrogen-bond acceptors (Lipinski definition) is 2. The van der Waals surface area contributed by atoms with Crippen LogP contribution in [0.1, 0.15) is 19.8 Å². The standard InChI is InChI=1S/C4H10O3S/c1-2-3-4-8(5,6)7/h2-4H2,1H3,(H,5,6,7)/i1+1,2+1,3+1. The molecule has 0 aromatic heterocycles. The molecule has 0 aromatic carbocycles. The third-order valence-electron chi connectivity index (χ3n) is 0.756. The Morgan fingerprint density at radius 1 is 1.50 bits per heavy atom. The highest BCUT2D eigenvalue weighted by atomic mass is 32.2. The third-order valence-corrected chi connectivity index (χ3v) is 1.56. The Morgan fingerprint density at radius 3 is 2.12 bits per heavy atom. The van der Waals surface area contributed by atoms with E-state index in [1.165, 1.54) is 0 Å². The first kappa shape index (κ1) is 7.91. The molecule has 0 unspecified atom stereocenters. The van der Waals surface area contributed by atoms with Gasteiger partial charge in [0.1, 0.15) is 0 Å². The molecule has 0 aromatic rings.